The molecule has 2 aromatic rings. The van der Waals surface area contributed by atoms with E-state index in [0.717, 1.165) is 17.7 Å². The van der Waals surface area contributed by atoms with Crippen molar-refractivity contribution < 1.29 is 24.5 Å². The molecule has 0 spiro atoms. The lowest BCUT2D eigenvalue weighted by molar-refractivity contribution is -0.394. The smallest absolute Gasteiger partial charge is 0.336 e. The molecule has 3 N–H and O–H groups in total. The molecule has 0 radical (unpaired) electrons. The van der Waals surface area contributed by atoms with Crippen LogP contribution in [0.3, 0.4) is 0 Å². The summed E-state index contributed by atoms with van der Waals surface area (Å²) in [7, 11) is 0. The number of carbonyl (C=O) groups excluding carboxylic acids is 1. The number of rotatable bonds is 4. The summed E-state index contributed by atoms with van der Waals surface area (Å²) in [5.74, 6) is -1.83. The van der Waals surface area contributed by atoms with E-state index in [4.69, 9.17) is 10.8 Å². The van der Waals surface area contributed by atoms with Crippen LogP contribution in [0.4, 0.5) is 11.4 Å². The van der Waals surface area contributed by atoms with Crippen LogP contribution in [0, 0.1) is 27.2 Å². The van der Waals surface area contributed by atoms with Crippen LogP contribution < -0.4 is 5.73 Å². The lowest BCUT2D eigenvalue weighted by atomic mass is 10.1. The summed E-state index contributed by atoms with van der Waals surface area (Å²) in [4.78, 5) is 39.9. The van der Waals surface area contributed by atoms with E-state index in [1.807, 2.05) is 19.1 Å². The molecule has 0 bridgehead atoms. The van der Waals surface area contributed by atoms with E-state index in [-0.39, 0.29) is 5.91 Å². The maximum atomic E-state index is 10.5. The van der Waals surface area contributed by atoms with Gasteiger partial charge in [-0.3, -0.25) is 25.0 Å². The van der Waals surface area contributed by atoms with Crippen LogP contribution in [-0.2, 0) is 0 Å². The number of carboxylic acids is 1. The topological polar surface area (TPSA) is 167 Å². The van der Waals surface area contributed by atoms with Gasteiger partial charge in [0.25, 0.3) is 11.4 Å². The van der Waals surface area contributed by atoms with Crippen molar-refractivity contribution in [3.8, 4) is 0 Å². The molecular formula is C15H13N3O7. The number of carboxylic acid groups (broad SMARTS) is 1. The van der Waals surface area contributed by atoms with Crippen molar-refractivity contribution in [2.75, 3.05) is 0 Å². The molecule has 0 aliphatic rings. The number of nitrogens with zero attached hydrogens (tertiary/aromatic N) is 2. The Bertz CT molecular complexity index is 753. The Morgan fingerprint density at radius 3 is 1.68 bits per heavy atom. The first-order valence-corrected chi connectivity index (χ1v) is 6.65. The third-order valence-corrected chi connectivity index (χ3v) is 2.91. The van der Waals surface area contributed by atoms with Gasteiger partial charge in [-0.15, -0.1) is 0 Å². The number of benzene rings is 2. The summed E-state index contributed by atoms with van der Waals surface area (Å²) < 4.78 is 0. The zero-order valence-electron chi connectivity index (χ0n) is 12.9. The quantitative estimate of drug-likeness (QED) is 0.631. The molecule has 2 rings (SSSR count). The third kappa shape index (κ3) is 5.71. The van der Waals surface area contributed by atoms with Gasteiger partial charge < -0.3 is 10.8 Å². The van der Waals surface area contributed by atoms with Crippen LogP contribution >= 0.6 is 0 Å². The van der Waals surface area contributed by atoms with Gasteiger partial charge in [0, 0.05) is 17.7 Å². The van der Waals surface area contributed by atoms with E-state index in [1.54, 1.807) is 12.1 Å². The summed E-state index contributed by atoms with van der Waals surface area (Å²) in [6, 6.07) is 9.38. The van der Waals surface area contributed by atoms with Crippen LogP contribution in [0.25, 0.3) is 0 Å². The molecule has 0 saturated heterocycles. The highest BCUT2D eigenvalue weighted by molar-refractivity contribution is 5.92. The number of hydrogen-bond acceptors (Lipinski definition) is 6. The Balaban J connectivity index is 0.000000271. The molecule has 25 heavy (non-hydrogen) atoms. The van der Waals surface area contributed by atoms with Gasteiger partial charge in [-0.2, -0.15) is 0 Å². The van der Waals surface area contributed by atoms with Crippen molar-refractivity contribution in [3.63, 3.8) is 0 Å². The van der Waals surface area contributed by atoms with Gasteiger partial charge in [0.2, 0.25) is 5.91 Å². The average molecular weight is 347 g/mol. The van der Waals surface area contributed by atoms with E-state index >= 15 is 0 Å². The number of non-ortho nitro benzene ring substituents is 2. The molecule has 0 saturated carbocycles. The normalized spacial score (nSPS) is 9.48. The Labute approximate surface area is 140 Å². The first kappa shape index (κ1) is 19.2. The predicted molar refractivity (Wildman–Crippen MR) is 86.4 cm³/mol. The van der Waals surface area contributed by atoms with Gasteiger partial charge in [-0.05, 0) is 19.1 Å². The number of amides is 1. The minimum Gasteiger partial charge on any atom is -0.478 e. The second-order valence-electron chi connectivity index (χ2n) is 4.79. The fourth-order valence-corrected chi connectivity index (χ4v) is 1.65. The standard InChI is InChI=1S/C8H9NO.C7H4N2O6/c1-6-2-4-7(5-3-6)8(9)10;10-7(11)4-1-5(8(12)13)3-6(2-4)9(14)15/h2-5H,1H3,(H2,9,10);1-3H,(H,10,11). The molecule has 10 heteroatoms. The Morgan fingerprint density at radius 2 is 1.36 bits per heavy atom. The highest BCUT2D eigenvalue weighted by Gasteiger charge is 2.19. The van der Waals surface area contributed by atoms with Crippen molar-refractivity contribution in [2.24, 2.45) is 5.73 Å². The van der Waals surface area contributed by atoms with Gasteiger partial charge in [0.15, 0.2) is 0 Å². The van der Waals surface area contributed by atoms with Crippen LogP contribution in [0.2, 0.25) is 0 Å². The van der Waals surface area contributed by atoms with E-state index in [0.29, 0.717) is 11.6 Å². The molecular weight excluding hydrogens is 334 g/mol. The number of aromatic carboxylic acids is 1. The molecule has 0 heterocycles. The molecule has 1 amide bonds. The zero-order chi connectivity index (χ0) is 19.1. The average Bonchev–Trinajstić information content (AvgIpc) is 2.55. The summed E-state index contributed by atoms with van der Waals surface area (Å²) in [6.45, 7) is 1.96. The first-order valence-electron chi connectivity index (χ1n) is 6.65. The van der Waals surface area contributed by atoms with Crippen LogP contribution in [0.1, 0.15) is 26.3 Å². The molecule has 10 nitrogen and oxygen atoms in total. The summed E-state index contributed by atoms with van der Waals surface area (Å²) in [5.41, 5.74) is 4.98. The molecule has 0 fully saturated rings. The van der Waals surface area contributed by atoms with Gasteiger partial charge in [0.05, 0.1) is 21.5 Å². The van der Waals surface area contributed by atoms with Crippen LogP contribution in [-0.4, -0.2) is 26.8 Å². The number of nitro groups is 2. The first-order chi connectivity index (χ1) is 11.6. The number of nitrogens with two attached hydrogens (primary N) is 1. The van der Waals surface area contributed by atoms with Crippen LogP contribution in [0.5, 0.6) is 0 Å². The number of nitro benzene ring substituents is 2. The minimum atomic E-state index is -1.46. The Hall–Kier alpha value is -3.82. The number of hydrogen-bond donors (Lipinski definition) is 2. The number of carbonyl (C=O) groups is 2. The fourth-order valence-electron chi connectivity index (χ4n) is 1.65. The second-order valence-corrected chi connectivity index (χ2v) is 4.79. The summed E-state index contributed by atoms with van der Waals surface area (Å²) >= 11 is 0. The molecule has 130 valence electrons. The van der Waals surface area contributed by atoms with Crippen molar-refractivity contribution in [1.29, 1.82) is 0 Å². The van der Waals surface area contributed by atoms with Crippen LogP contribution in [0.15, 0.2) is 42.5 Å². The predicted octanol–water partition coefficient (Wildman–Crippen LogP) is 2.30. The molecule has 0 aliphatic carbocycles. The highest BCUT2D eigenvalue weighted by atomic mass is 16.6. The molecule has 0 aromatic heterocycles. The SMILES string of the molecule is Cc1ccc(C(N)=O)cc1.O=C(O)c1cc([N+](=O)[O-])cc([N+](=O)[O-])c1. The van der Waals surface area contributed by atoms with E-state index in [1.165, 1.54) is 0 Å². The van der Waals surface area contributed by atoms with E-state index in [2.05, 4.69) is 0 Å². The molecule has 0 unspecified atom stereocenters. The van der Waals surface area contributed by atoms with Crippen molar-refractivity contribution >= 4 is 23.3 Å². The maximum Gasteiger partial charge on any atom is 0.336 e. The Morgan fingerprint density at radius 1 is 0.920 bits per heavy atom. The monoisotopic (exact) mass is 347 g/mol. The number of aryl methyl sites for hydroxylation is 1. The van der Waals surface area contributed by atoms with Gasteiger partial charge in [0.1, 0.15) is 0 Å². The van der Waals surface area contributed by atoms with E-state index in [9.17, 15) is 29.8 Å². The second kappa shape index (κ2) is 8.15. The number of primary amides is 1. The lowest BCUT2D eigenvalue weighted by Crippen LogP contribution is -2.10. The molecule has 0 atom stereocenters. The Kier molecular flexibility index (Phi) is 6.27. The highest BCUT2D eigenvalue weighted by Crippen LogP contribution is 2.22. The van der Waals surface area contributed by atoms with Gasteiger partial charge in [-0.25, -0.2) is 4.79 Å². The summed E-state index contributed by atoms with van der Waals surface area (Å²) in [6.07, 6.45) is 0. The zero-order valence-corrected chi connectivity index (χ0v) is 12.9. The summed E-state index contributed by atoms with van der Waals surface area (Å²) in [5, 5.41) is 29.2. The third-order valence-electron chi connectivity index (χ3n) is 2.91. The largest absolute Gasteiger partial charge is 0.478 e. The fraction of sp³-hybridized carbons (Fsp3) is 0.0667. The molecule has 0 aliphatic heterocycles. The molecule has 2 aromatic carbocycles. The van der Waals surface area contributed by atoms with Crippen molar-refractivity contribution in [2.45, 2.75) is 6.92 Å². The van der Waals surface area contributed by atoms with E-state index < -0.39 is 32.8 Å². The van der Waals surface area contributed by atoms with Crippen molar-refractivity contribution in [1.82, 2.24) is 0 Å². The van der Waals surface area contributed by atoms with Gasteiger partial charge in [-0.1, -0.05) is 17.7 Å². The van der Waals surface area contributed by atoms with Crippen molar-refractivity contribution in [3.05, 3.63) is 79.4 Å². The minimum absolute atomic E-state index is 0.375. The lowest BCUT2D eigenvalue weighted by Gasteiger charge is -1.96. The van der Waals surface area contributed by atoms with Gasteiger partial charge >= 0.3 is 5.97 Å². The maximum absolute atomic E-state index is 10.5.